The Kier molecular flexibility index (Phi) is 2.95. The van der Waals surface area contributed by atoms with Crippen LogP contribution in [0.3, 0.4) is 0 Å². The topological polar surface area (TPSA) is 75.6 Å². The Hall–Kier alpha value is -1.87. The molecule has 0 N–H and O–H groups in total. The molecule has 0 saturated heterocycles. The maximum Gasteiger partial charge on any atom is 0.277 e. The molecular weight excluding hydrogens is 212 g/mol. The van der Waals surface area contributed by atoms with Crippen LogP contribution < -0.4 is 0 Å². The lowest BCUT2D eigenvalue weighted by Gasteiger charge is -1.90. The molecule has 0 fully saturated rings. The number of nitrogens with zero attached hydrogens (tertiary/aromatic N) is 4. The van der Waals surface area contributed by atoms with Crippen molar-refractivity contribution in [3.63, 3.8) is 0 Å². The lowest BCUT2D eigenvalue weighted by atomic mass is 10.3. The second-order valence-electron chi connectivity index (χ2n) is 2.56. The van der Waals surface area contributed by atoms with Gasteiger partial charge in [0.1, 0.15) is 0 Å². The molecule has 15 heavy (non-hydrogen) atoms. The first-order chi connectivity index (χ1) is 7.40. The van der Waals surface area contributed by atoms with Gasteiger partial charge in [-0.3, -0.25) is 4.98 Å². The van der Waals surface area contributed by atoms with E-state index in [-0.39, 0.29) is 0 Å². The van der Waals surface area contributed by atoms with Crippen molar-refractivity contribution < 1.29 is 4.42 Å². The minimum Gasteiger partial charge on any atom is -0.411 e. The van der Waals surface area contributed by atoms with E-state index in [4.69, 9.17) is 9.68 Å². The average molecular weight is 218 g/mol. The summed E-state index contributed by atoms with van der Waals surface area (Å²) in [4.78, 5) is 3.89. The Morgan fingerprint density at radius 3 is 2.87 bits per heavy atom. The zero-order valence-corrected chi connectivity index (χ0v) is 8.44. The van der Waals surface area contributed by atoms with Gasteiger partial charge >= 0.3 is 0 Å². The second kappa shape index (κ2) is 4.57. The lowest BCUT2D eigenvalue weighted by Crippen LogP contribution is -1.77. The second-order valence-corrected chi connectivity index (χ2v) is 3.48. The molecule has 6 heteroatoms. The van der Waals surface area contributed by atoms with Crippen LogP contribution in [0.5, 0.6) is 0 Å². The van der Waals surface area contributed by atoms with Gasteiger partial charge in [-0.2, -0.15) is 5.26 Å². The van der Waals surface area contributed by atoms with E-state index in [1.807, 2.05) is 6.07 Å². The Morgan fingerprint density at radius 2 is 2.13 bits per heavy atom. The fourth-order valence-electron chi connectivity index (χ4n) is 0.973. The van der Waals surface area contributed by atoms with Crippen LogP contribution in [0.4, 0.5) is 0 Å². The first-order valence-corrected chi connectivity index (χ1v) is 5.12. The van der Waals surface area contributed by atoms with Gasteiger partial charge < -0.3 is 4.42 Å². The summed E-state index contributed by atoms with van der Waals surface area (Å²) in [6.45, 7) is 0. The molecule has 0 bridgehead atoms. The predicted octanol–water partition coefficient (Wildman–Crippen LogP) is 1.75. The van der Waals surface area contributed by atoms with E-state index >= 15 is 0 Å². The SMILES string of the molecule is N#CCSc1nnc(-c2ccncc2)o1. The summed E-state index contributed by atoms with van der Waals surface area (Å²) >= 11 is 1.22. The van der Waals surface area contributed by atoms with Crippen molar-refractivity contribution in [2.75, 3.05) is 5.75 Å². The molecule has 5 nitrogen and oxygen atoms in total. The van der Waals surface area contributed by atoms with Crippen LogP contribution in [-0.2, 0) is 0 Å². The van der Waals surface area contributed by atoms with E-state index in [9.17, 15) is 0 Å². The minimum atomic E-state index is 0.304. The van der Waals surface area contributed by atoms with Crippen LogP contribution in [0.2, 0.25) is 0 Å². The van der Waals surface area contributed by atoms with Crippen LogP contribution in [0, 0.1) is 11.3 Å². The summed E-state index contributed by atoms with van der Waals surface area (Å²) in [6, 6.07) is 5.56. The molecule has 0 aliphatic carbocycles. The third kappa shape index (κ3) is 2.33. The van der Waals surface area contributed by atoms with E-state index in [0.29, 0.717) is 16.9 Å². The average Bonchev–Trinajstić information content (AvgIpc) is 2.76. The summed E-state index contributed by atoms with van der Waals surface area (Å²) in [5, 5.41) is 16.5. The number of pyridine rings is 1. The highest BCUT2D eigenvalue weighted by Gasteiger charge is 2.07. The van der Waals surface area contributed by atoms with E-state index in [0.717, 1.165) is 5.56 Å². The molecule has 0 saturated carbocycles. The van der Waals surface area contributed by atoms with Crippen molar-refractivity contribution in [1.29, 1.82) is 5.26 Å². The Labute approximate surface area is 90.2 Å². The van der Waals surface area contributed by atoms with E-state index in [2.05, 4.69) is 15.2 Å². The highest BCUT2D eigenvalue weighted by Crippen LogP contribution is 2.21. The van der Waals surface area contributed by atoms with Gasteiger partial charge in [-0.1, -0.05) is 11.8 Å². The van der Waals surface area contributed by atoms with Gasteiger partial charge in [0.2, 0.25) is 5.89 Å². The van der Waals surface area contributed by atoms with Gasteiger partial charge in [0.15, 0.2) is 0 Å². The molecule has 2 rings (SSSR count). The molecule has 0 unspecified atom stereocenters. The molecule has 0 amide bonds. The molecule has 0 radical (unpaired) electrons. The zero-order chi connectivity index (χ0) is 10.5. The van der Waals surface area contributed by atoms with Crippen molar-refractivity contribution in [2.45, 2.75) is 5.22 Å². The van der Waals surface area contributed by atoms with E-state index in [1.165, 1.54) is 11.8 Å². The van der Waals surface area contributed by atoms with Gasteiger partial charge in [0.05, 0.1) is 11.8 Å². The molecular formula is C9H6N4OS. The molecule has 0 atom stereocenters. The fourth-order valence-corrected chi connectivity index (χ4v) is 1.40. The molecule has 2 aromatic rings. The molecule has 0 aliphatic rings. The zero-order valence-electron chi connectivity index (χ0n) is 7.62. The van der Waals surface area contributed by atoms with Crippen LogP contribution in [0.1, 0.15) is 0 Å². The van der Waals surface area contributed by atoms with Crippen molar-refractivity contribution in [1.82, 2.24) is 15.2 Å². The quantitative estimate of drug-likeness (QED) is 0.730. The summed E-state index contributed by atoms with van der Waals surface area (Å²) in [6.07, 6.45) is 3.31. The molecule has 2 heterocycles. The minimum absolute atomic E-state index is 0.304. The Morgan fingerprint density at radius 1 is 1.33 bits per heavy atom. The van der Waals surface area contributed by atoms with Crippen molar-refractivity contribution in [2.24, 2.45) is 0 Å². The molecule has 2 aromatic heterocycles. The van der Waals surface area contributed by atoms with E-state index < -0.39 is 0 Å². The number of hydrogen-bond donors (Lipinski definition) is 0. The highest BCUT2D eigenvalue weighted by molar-refractivity contribution is 7.99. The van der Waals surface area contributed by atoms with Crippen molar-refractivity contribution >= 4 is 11.8 Å². The maximum absolute atomic E-state index is 8.38. The largest absolute Gasteiger partial charge is 0.411 e. The van der Waals surface area contributed by atoms with Gasteiger partial charge in [0.25, 0.3) is 5.22 Å². The maximum atomic E-state index is 8.38. The molecule has 0 aliphatic heterocycles. The number of hydrogen-bond acceptors (Lipinski definition) is 6. The van der Waals surface area contributed by atoms with Crippen LogP contribution in [-0.4, -0.2) is 20.9 Å². The Balaban J connectivity index is 2.18. The predicted molar refractivity (Wildman–Crippen MR) is 53.9 cm³/mol. The summed E-state index contributed by atoms with van der Waals surface area (Å²) in [7, 11) is 0. The number of aromatic nitrogens is 3. The summed E-state index contributed by atoms with van der Waals surface area (Å²) in [5.41, 5.74) is 0.821. The summed E-state index contributed by atoms with van der Waals surface area (Å²) < 4.78 is 5.33. The third-order valence-electron chi connectivity index (χ3n) is 1.59. The first kappa shape index (κ1) is 9.68. The highest BCUT2D eigenvalue weighted by atomic mass is 32.2. The van der Waals surface area contributed by atoms with E-state index in [1.54, 1.807) is 24.5 Å². The lowest BCUT2D eigenvalue weighted by molar-refractivity contribution is 0.466. The van der Waals surface area contributed by atoms with Gasteiger partial charge in [-0.15, -0.1) is 10.2 Å². The molecule has 0 spiro atoms. The van der Waals surface area contributed by atoms with Crippen LogP contribution in [0.25, 0.3) is 11.5 Å². The number of rotatable bonds is 3. The van der Waals surface area contributed by atoms with Gasteiger partial charge in [-0.25, -0.2) is 0 Å². The fraction of sp³-hybridized carbons (Fsp3) is 0.111. The summed E-state index contributed by atoms with van der Waals surface area (Å²) in [5.74, 6) is 0.746. The molecule has 74 valence electrons. The monoisotopic (exact) mass is 218 g/mol. The smallest absolute Gasteiger partial charge is 0.277 e. The van der Waals surface area contributed by atoms with Crippen molar-refractivity contribution in [3.05, 3.63) is 24.5 Å². The number of thioether (sulfide) groups is 1. The standard InChI is InChI=1S/C9H6N4OS/c10-3-6-15-9-13-12-8(14-9)7-1-4-11-5-2-7/h1-2,4-5H,6H2. The third-order valence-corrected chi connectivity index (χ3v) is 2.28. The number of nitriles is 1. The first-order valence-electron chi connectivity index (χ1n) is 4.14. The van der Waals surface area contributed by atoms with Gasteiger partial charge in [-0.05, 0) is 12.1 Å². The Bertz CT molecular complexity index is 476. The van der Waals surface area contributed by atoms with Crippen LogP contribution >= 0.6 is 11.8 Å². The van der Waals surface area contributed by atoms with Gasteiger partial charge in [0, 0.05) is 18.0 Å². The van der Waals surface area contributed by atoms with Crippen molar-refractivity contribution in [3.8, 4) is 17.5 Å². The molecule has 0 aromatic carbocycles. The normalized spacial score (nSPS) is 9.80. The van der Waals surface area contributed by atoms with Crippen LogP contribution in [0.15, 0.2) is 34.2 Å².